The first-order chi connectivity index (χ1) is 16.8. The minimum absolute atomic E-state index is 0.0752. The van der Waals surface area contributed by atoms with E-state index in [2.05, 4.69) is 46.8 Å². The number of carbonyl (C=O) groups excluding carboxylic acids is 1. The van der Waals surface area contributed by atoms with Crippen molar-refractivity contribution in [3.8, 4) is 11.4 Å². The van der Waals surface area contributed by atoms with Crippen molar-refractivity contribution in [2.75, 3.05) is 13.7 Å². The first-order valence-electron chi connectivity index (χ1n) is 11.3. The molecule has 6 nitrogen and oxygen atoms in total. The smallest absolute Gasteiger partial charge is 0.344 e. The van der Waals surface area contributed by atoms with Gasteiger partial charge in [0.1, 0.15) is 22.1 Å². The van der Waals surface area contributed by atoms with Crippen LogP contribution in [0.2, 0.25) is 0 Å². The number of hydrogen-bond acceptors (Lipinski definition) is 6. The van der Waals surface area contributed by atoms with Gasteiger partial charge in [-0.3, -0.25) is 0 Å². The Kier molecular flexibility index (Phi) is 7.17. The van der Waals surface area contributed by atoms with Crippen molar-refractivity contribution >= 4 is 34.5 Å². The lowest BCUT2D eigenvalue weighted by Crippen LogP contribution is -2.12. The number of aryl methyl sites for hydroxylation is 2. The van der Waals surface area contributed by atoms with E-state index in [4.69, 9.17) is 9.47 Å². The van der Waals surface area contributed by atoms with Crippen LogP contribution in [0.5, 0.6) is 5.75 Å². The van der Waals surface area contributed by atoms with Gasteiger partial charge < -0.3 is 19.1 Å². The predicted molar refractivity (Wildman–Crippen MR) is 142 cm³/mol. The van der Waals surface area contributed by atoms with Gasteiger partial charge in [-0.2, -0.15) is 0 Å². The molecule has 0 saturated heterocycles. The van der Waals surface area contributed by atoms with E-state index in [-0.39, 0.29) is 17.9 Å². The summed E-state index contributed by atoms with van der Waals surface area (Å²) >= 11 is 1.25. The summed E-state index contributed by atoms with van der Waals surface area (Å²) in [5.41, 5.74) is 6.04. The van der Waals surface area contributed by atoms with Gasteiger partial charge in [-0.15, -0.1) is 0 Å². The largest absolute Gasteiger partial charge is 0.506 e. The quantitative estimate of drug-likeness (QED) is 0.396. The summed E-state index contributed by atoms with van der Waals surface area (Å²) in [6, 6.07) is 17.6. The number of aliphatic imine (C=N–C) groups is 1. The highest BCUT2D eigenvalue weighted by Gasteiger charge is 2.33. The zero-order valence-electron chi connectivity index (χ0n) is 20.5. The molecule has 0 amide bonds. The Labute approximate surface area is 209 Å². The second-order valence-electron chi connectivity index (χ2n) is 8.17. The topological polar surface area (TPSA) is 73.0 Å². The van der Waals surface area contributed by atoms with E-state index in [1.807, 2.05) is 19.9 Å². The van der Waals surface area contributed by atoms with Crippen LogP contribution >= 0.6 is 11.8 Å². The molecule has 180 valence electrons. The van der Waals surface area contributed by atoms with Crippen LogP contribution in [-0.2, 0) is 9.53 Å². The minimum atomic E-state index is -0.599. The molecule has 0 radical (unpaired) electrons. The number of nitrogens with zero attached hydrogens (tertiary/aromatic N) is 2. The van der Waals surface area contributed by atoms with Crippen LogP contribution in [0.4, 0.5) is 5.69 Å². The number of hydrogen-bond donors (Lipinski definition) is 1. The molecule has 0 aliphatic carbocycles. The van der Waals surface area contributed by atoms with E-state index < -0.39 is 5.97 Å². The third-order valence-electron chi connectivity index (χ3n) is 5.72. The molecule has 1 aromatic heterocycles. The van der Waals surface area contributed by atoms with Crippen molar-refractivity contribution in [3.05, 3.63) is 93.3 Å². The first kappa shape index (κ1) is 24.4. The minimum Gasteiger partial charge on any atom is -0.506 e. The van der Waals surface area contributed by atoms with E-state index in [9.17, 15) is 9.90 Å². The van der Waals surface area contributed by atoms with Crippen LogP contribution < -0.4 is 4.74 Å². The molecule has 3 aromatic rings. The van der Waals surface area contributed by atoms with E-state index in [1.54, 1.807) is 38.3 Å². The molecule has 1 aliphatic rings. The third-order valence-corrected chi connectivity index (χ3v) is 6.74. The fourth-order valence-electron chi connectivity index (χ4n) is 3.93. The molecule has 35 heavy (non-hydrogen) atoms. The number of rotatable bonds is 6. The number of aliphatic hydroxyl groups is 1. The molecule has 1 N–H and O–H groups in total. The van der Waals surface area contributed by atoms with E-state index in [0.717, 1.165) is 22.6 Å². The summed E-state index contributed by atoms with van der Waals surface area (Å²) in [6.45, 7) is 8.08. The summed E-state index contributed by atoms with van der Waals surface area (Å²) < 4.78 is 12.6. The van der Waals surface area contributed by atoms with Crippen molar-refractivity contribution in [1.82, 2.24) is 4.57 Å². The fourth-order valence-corrected chi connectivity index (χ4v) is 4.96. The normalized spacial score (nSPS) is 15.8. The SMILES string of the molecule is CCOC(=O)C1=C(O)/C(=C/c2cc(C)n(-c3ccc(C)cc3)c2C)SC1=Nc1ccc(OC)cc1. The molecule has 4 rings (SSSR count). The van der Waals surface area contributed by atoms with Crippen LogP contribution in [0.1, 0.15) is 29.4 Å². The van der Waals surface area contributed by atoms with Crippen molar-refractivity contribution in [1.29, 1.82) is 0 Å². The Balaban J connectivity index is 1.75. The molecular weight excluding hydrogens is 460 g/mol. The number of ether oxygens (including phenoxy) is 2. The Hall–Kier alpha value is -3.71. The molecule has 0 fully saturated rings. The number of aromatic nitrogens is 1. The molecular formula is C28H28N2O4S. The standard InChI is InChI=1S/C28H28N2O4S/c1-6-34-28(32)25-26(31)24(35-27(25)29-21-9-13-23(33-5)14-10-21)16-20-15-18(3)30(19(20)4)22-11-7-17(2)8-12-22/h7-16,31H,6H2,1-5H3/b24-16-,29-27?. The molecule has 2 heterocycles. The maximum atomic E-state index is 12.7. The Morgan fingerprint density at radius 2 is 1.77 bits per heavy atom. The van der Waals surface area contributed by atoms with Crippen LogP contribution in [-0.4, -0.2) is 34.4 Å². The maximum absolute atomic E-state index is 12.7. The summed E-state index contributed by atoms with van der Waals surface area (Å²) in [5.74, 6) is -0.0133. The Bertz CT molecular complexity index is 1350. The van der Waals surface area contributed by atoms with Crippen LogP contribution in [0.25, 0.3) is 11.8 Å². The number of benzene rings is 2. The zero-order valence-corrected chi connectivity index (χ0v) is 21.3. The molecule has 0 unspecified atom stereocenters. The van der Waals surface area contributed by atoms with Crippen molar-refractivity contribution in [3.63, 3.8) is 0 Å². The summed E-state index contributed by atoms with van der Waals surface area (Å²) in [7, 11) is 1.60. The Morgan fingerprint density at radius 3 is 2.40 bits per heavy atom. The van der Waals surface area contributed by atoms with Crippen molar-refractivity contribution in [2.24, 2.45) is 4.99 Å². The lowest BCUT2D eigenvalue weighted by molar-refractivity contribution is -0.138. The van der Waals surface area contributed by atoms with Crippen molar-refractivity contribution in [2.45, 2.75) is 27.7 Å². The van der Waals surface area contributed by atoms with Gasteiger partial charge in [-0.1, -0.05) is 29.5 Å². The highest BCUT2D eigenvalue weighted by Crippen LogP contribution is 2.41. The van der Waals surface area contributed by atoms with Gasteiger partial charge in [0.2, 0.25) is 0 Å². The second-order valence-corrected chi connectivity index (χ2v) is 9.20. The molecule has 2 aromatic carbocycles. The van der Waals surface area contributed by atoms with E-state index in [0.29, 0.717) is 21.4 Å². The van der Waals surface area contributed by atoms with E-state index in [1.165, 1.54) is 17.3 Å². The predicted octanol–water partition coefficient (Wildman–Crippen LogP) is 6.60. The number of thioether (sulfide) groups is 1. The fraction of sp³-hybridized carbons (Fsp3) is 0.214. The summed E-state index contributed by atoms with van der Waals surface area (Å²) in [5, 5.41) is 11.4. The molecule has 0 bridgehead atoms. The lowest BCUT2D eigenvalue weighted by atomic mass is 10.1. The number of carbonyl (C=O) groups is 1. The molecule has 7 heteroatoms. The molecule has 0 atom stereocenters. The lowest BCUT2D eigenvalue weighted by Gasteiger charge is -2.10. The van der Waals surface area contributed by atoms with Gasteiger partial charge in [0.25, 0.3) is 0 Å². The molecule has 1 aliphatic heterocycles. The average molecular weight is 489 g/mol. The maximum Gasteiger partial charge on any atom is 0.344 e. The van der Waals surface area contributed by atoms with E-state index >= 15 is 0 Å². The van der Waals surface area contributed by atoms with Gasteiger partial charge >= 0.3 is 5.97 Å². The van der Waals surface area contributed by atoms with Crippen LogP contribution in [0.15, 0.2) is 75.8 Å². The Morgan fingerprint density at radius 1 is 1.09 bits per heavy atom. The van der Waals surface area contributed by atoms with Crippen LogP contribution in [0, 0.1) is 20.8 Å². The highest BCUT2D eigenvalue weighted by atomic mass is 32.2. The van der Waals surface area contributed by atoms with Gasteiger partial charge in [-0.05, 0) is 81.8 Å². The monoisotopic (exact) mass is 488 g/mol. The van der Waals surface area contributed by atoms with Crippen molar-refractivity contribution < 1.29 is 19.4 Å². The zero-order chi connectivity index (χ0) is 25.1. The van der Waals surface area contributed by atoms with Gasteiger partial charge in [-0.25, -0.2) is 9.79 Å². The van der Waals surface area contributed by atoms with Gasteiger partial charge in [0, 0.05) is 17.1 Å². The second kappa shape index (κ2) is 10.3. The number of aliphatic hydroxyl groups excluding tert-OH is 1. The summed E-state index contributed by atoms with van der Waals surface area (Å²) in [6.07, 6.45) is 1.89. The first-order valence-corrected chi connectivity index (χ1v) is 12.1. The number of esters is 1. The van der Waals surface area contributed by atoms with Crippen LogP contribution in [0.3, 0.4) is 0 Å². The molecule has 0 saturated carbocycles. The third kappa shape index (κ3) is 5.05. The highest BCUT2D eigenvalue weighted by molar-refractivity contribution is 8.18. The summed E-state index contributed by atoms with van der Waals surface area (Å²) in [4.78, 5) is 17.9. The average Bonchev–Trinajstić information content (AvgIpc) is 3.29. The van der Waals surface area contributed by atoms with Gasteiger partial charge in [0.15, 0.2) is 0 Å². The molecule has 0 spiro atoms. The number of methoxy groups -OCH3 is 1. The van der Waals surface area contributed by atoms with Gasteiger partial charge in [0.05, 0.1) is 24.3 Å².